The summed E-state index contributed by atoms with van der Waals surface area (Å²) in [5, 5.41) is 7.81. The third-order valence-corrected chi connectivity index (χ3v) is 5.30. The average Bonchev–Trinajstić information content (AvgIpc) is 3.13. The summed E-state index contributed by atoms with van der Waals surface area (Å²) >= 11 is 0. The van der Waals surface area contributed by atoms with Crippen LogP contribution in [-0.2, 0) is 24.2 Å². The van der Waals surface area contributed by atoms with E-state index in [0.29, 0.717) is 6.42 Å². The van der Waals surface area contributed by atoms with Gasteiger partial charge in [-0.25, -0.2) is 0 Å². The monoisotopic (exact) mass is 375 g/mol. The van der Waals surface area contributed by atoms with Gasteiger partial charge in [0.15, 0.2) is 0 Å². The minimum atomic E-state index is 0.0406. The number of aromatic nitrogens is 2. The van der Waals surface area contributed by atoms with Crippen LogP contribution in [0.5, 0.6) is 5.75 Å². The van der Waals surface area contributed by atoms with E-state index in [-0.39, 0.29) is 11.9 Å². The van der Waals surface area contributed by atoms with E-state index in [1.54, 1.807) is 7.11 Å². The standard InChI is InChI=1S/C23H25N3O2/c1-28-19-12-10-17(11-13-19)14-23(27)25-21-8-5-9-22-20(21)15-24-26(22)16-18-6-3-2-4-7-18/h2-4,6-7,10-13,15,21H,5,8-9,14,16H2,1H3,(H,25,27). The second kappa shape index (κ2) is 8.30. The molecule has 5 heteroatoms. The molecule has 144 valence electrons. The van der Waals surface area contributed by atoms with E-state index in [1.165, 1.54) is 11.3 Å². The number of benzene rings is 2. The van der Waals surface area contributed by atoms with Crippen molar-refractivity contribution in [3.8, 4) is 5.75 Å². The molecule has 1 aliphatic rings. The fourth-order valence-corrected chi connectivity index (χ4v) is 3.84. The lowest BCUT2D eigenvalue weighted by Crippen LogP contribution is -2.32. The molecule has 1 aliphatic carbocycles. The number of amides is 1. The van der Waals surface area contributed by atoms with Crippen LogP contribution in [0.3, 0.4) is 0 Å². The van der Waals surface area contributed by atoms with Crippen LogP contribution in [0.2, 0.25) is 0 Å². The van der Waals surface area contributed by atoms with Crippen LogP contribution in [0, 0.1) is 0 Å². The highest BCUT2D eigenvalue weighted by Gasteiger charge is 2.25. The molecule has 0 saturated carbocycles. The highest BCUT2D eigenvalue weighted by molar-refractivity contribution is 5.79. The van der Waals surface area contributed by atoms with Gasteiger partial charge in [0.1, 0.15) is 5.75 Å². The van der Waals surface area contributed by atoms with E-state index in [0.717, 1.165) is 42.7 Å². The molecular weight excluding hydrogens is 350 g/mol. The first-order chi connectivity index (χ1) is 13.7. The Hall–Kier alpha value is -3.08. The quantitative estimate of drug-likeness (QED) is 0.715. The molecule has 1 aromatic heterocycles. The van der Waals surface area contributed by atoms with Gasteiger partial charge in [0.25, 0.3) is 0 Å². The number of hydrogen-bond acceptors (Lipinski definition) is 3. The van der Waals surface area contributed by atoms with Crippen molar-refractivity contribution in [1.29, 1.82) is 0 Å². The molecule has 4 rings (SSSR count). The van der Waals surface area contributed by atoms with E-state index in [2.05, 4.69) is 27.2 Å². The fraction of sp³-hybridized carbons (Fsp3) is 0.304. The maximum absolute atomic E-state index is 12.6. The van der Waals surface area contributed by atoms with Crippen molar-refractivity contribution >= 4 is 5.91 Å². The maximum atomic E-state index is 12.6. The molecule has 1 N–H and O–H groups in total. The van der Waals surface area contributed by atoms with Gasteiger partial charge in [0.2, 0.25) is 5.91 Å². The molecule has 1 amide bonds. The van der Waals surface area contributed by atoms with Crippen molar-refractivity contribution in [3.63, 3.8) is 0 Å². The van der Waals surface area contributed by atoms with Gasteiger partial charge >= 0.3 is 0 Å². The Labute approximate surface area is 165 Å². The molecular formula is C23H25N3O2. The summed E-state index contributed by atoms with van der Waals surface area (Å²) in [6, 6.07) is 18.0. The summed E-state index contributed by atoms with van der Waals surface area (Å²) in [4.78, 5) is 12.6. The zero-order valence-electron chi connectivity index (χ0n) is 16.1. The number of hydrogen-bond donors (Lipinski definition) is 1. The summed E-state index contributed by atoms with van der Waals surface area (Å²) in [7, 11) is 1.64. The summed E-state index contributed by atoms with van der Waals surface area (Å²) in [5.41, 5.74) is 4.61. The molecule has 1 atom stereocenters. The fourth-order valence-electron chi connectivity index (χ4n) is 3.84. The van der Waals surface area contributed by atoms with Gasteiger partial charge in [-0.2, -0.15) is 5.10 Å². The Morgan fingerprint density at radius 1 is 1.14 bits per heavy atom. The molecule has 0 spiro atoms. The van der Waals surface area contributed by atoms with E-state index in [9.17, 15) is 4.79 Å². The number of methoxy groups -OCH3 is 1. The average molecular weight is 375 g/mol. The molecule has 0 radical (unpaired) electrons. The lowest BCUT2D eigenvalue weighted by atomic mass is 9.92. The topological polar surface area (TPSA) is 56.1 Å². The summed E-state index contributed by atoms with van der Waals surface area (Å²) in [6.07, 6.45) is 5.32. The Bertz CT molecular complexity index is 932. The van der Waals surface area contributed by atoms with Gasteiger partial charge < -0.3 is 10.1 Å². The first-order valence-corrected chi connectivity index (χ1v) is 9.74. The van der Waals surface area contributed by atoms with E-state index < -0.39 is 0 Å². The molecule has 28 heavy (non-hydrogen) atoms. The van der Waals surface area contributed by atoms with Gasteiger partial charge in [-0.3, -0.25) is 9.48 Å². The number of carbonyl (C=O) groups is 1. The zero-order chi connectivity index (χ0) is 19.3. The third kappa shape index (κ3) is 4.09. The van der Waals surface area contributed by atoms with Gasteiger partial charge in [-0.15, -0.1) is 0 Å². The Morgan fingerprint density at radius 2 is 1.93 bits per heavy atom. The van der Waals surface area contributed by atoms with Crippen LogP contribution >= 0.6 is 0 Å². The Balaban J connectivity index is 1.43. The Morgan fingerprint density at radius 3 is 2.68 bits per heavy atom. The lowest BCUT2D eigenvalue weighted by molar-refractivity contribution is -0.121. The van der Waals surface area contributed by atoms with Gasteiger partial charge in [-0.1, -0.05) is 42.5 Å². The van der Waals surface area contributed by atoms with Crippen LogP contribution in [-0.4, -0.2) is 22.8 Å². The summed E-state index contributed by atoms with van der Waals surface area (Å²) < 4.78 is 7.25. The molecule has 2 aromatic carbocycles. The second-order valence-corrected chi connectivity index (χ2v) is 7.23. The third-order valence-electron chi connectivity index (χ3n) is 5.30. The molecule has 5 nitrogen and oxygen atoms in total. The molecule has 0 bridgehead atoms. The van der Waals surface area contributed by atoms with E-state index in [1.807, 2.05) is 48.7 Å². The van der Waals surface area contributed by atoms with Crippen molar-refractivity contribution in [3.05, 3.63) is 83.2 Å². The van der Waals surface area contributed by atoms with E-state index in [4.69, 9.17) is 4.74 Å². The number of nitrogens with one attached hydrogen (secondary N) is 1. The largest absolute Gasteiger partial charge is 0.497 e. The van der Waals surface area contributed by atoms with Crippen molar-refractivity contribution in [2.24, 2.45) is 0 Å². The summed E-state index contributed by atoms with van der Waals surface area (Å²) in [6.45, 7) is 0.767. The first kappa shape index (κ1) is 18.3. The Kier molecular flexibility index (Phi) is 5.42. The van der Waals surface area contributed by atoms with Gasteiger partial charge in [-0.05, 0) is 42.5 Å². The van der Waals surface area contributed by atoms with Crippen LogP contribution in [0.15, 0.2) is 60.8 Å². The SMILES string of the molecule is COc1ccc(CC(=O)NC2CCCc3c2cnn3Cc2ccccc2)cc1. The predicted octanol–water partition coefficient (Wildman–Crippen LogP) is 3.68. The van der Waals surface area contributed by atoms with Gasteiger partial charge in [0.05, 0.1) is 32.3 Å². The normalized spacial score (nSPS) is 15.7. The van der Waals surface area contributed by atoms with Crippen LogP contribution in [0.1, 0.15) is 41.3 Å². The maximum Gasteiger partial charge on any atom is 0.224 e. The van der Waals surface area contributed by atoms with Crippen molar-refractivity contribution in [2.75, 3.05) is 7.11 Å². The zero-order valence-corrected chi connectivity index (χ0v) is 16.1. The summed E-state index contributed by atoms with van der Waals surface area (Å²) in [5.74, 6) is 0.839. The minimum absolute atomic E-state index is 0.0406. The second-order valence-electron chi connectivity index (χ2n) is 7.23. The number of ether oxygens (including phenoxy) is 1. The van der Waals surface area contributed by atoms with Crippen molar-refractivity contribution < 1.29 is 9.53 Å². The predicted molar refractivity (Wildman–Crippen MR) is 108 cm³/mol. The van der Waals surface area contributed by atoms with Crippen molar-refractivity contribution in [2.45, 2.75) is 38.3 Å². The molecule has 0 saturated heterocycles. The highest BCUT2D eigenvalue weighted by Crippen LogP contribution is 2.30. The number of nitrogens with zero attached hydrogens (tertiary/aromatic N) is 2. The smallest absolute Gasteiger partial charge is 0.224 e. The van der Waals surface area contributed by atoms with E-state index >= 15 is 0 Å². The molecule has 0 aliphatic heterocycles. The first-order valence-electron chi connectivity index (χ1n) is 9.74. The minimum Gasteiger partial charge on any atom is -0.497 e. The molecule has 1 unspecified atom stereocenters. The van der Waals surface area contributed by atoms with Crippen molar-refractivity contribution in [1.82, 2.24) is 15.1 Å². The van der Waals surface area contributed by atoms with Crippen LogP contribution in [0.25, 0.3) is 0 Å². The number of fused-ring (bicyclic) bond motifs is 1. The molecule has 3 aromatic rings. The van der Waals surface area contributed by atoms with Crippen LogP contribution < -0.4 is 10.1 Å². The molecule has 1 heterocycles. The van der Waals surface area contributed by atoms with Crippen LogP contribution in [0.4, 0.5) is 0 Å². The number of carbonyl (C=O) groups excluding carboxylic acids is 1. The highest BCUT2D eigenvalue weighted by atomic mass is 16.5. The molecule has 0 fully saturated rings. The number of rotatable bonds is 6. The van der Waals surface area contributed by atoms with Gasteiger partial charge in [0, 0.05) is 11.3 Å². The lowest BCUT2D eigenvalue weighted by Gasteiger charge is -2.24.